The second-order valence-electron chi connectivity index (χ2n) is 5.15. The lowest BCUT2D eigenvalue weighted by Gasteiger charge is -2.30. The third kappa shape index (κ3) is 3.43. The topological polar surface area (TPSA) is 38.7 Å². The van der Waals surface area contributed by atoms with E-state index in [0.717, 1.165) is 12.0 Å². The average Bonchev–Trinajstić information content (AvgIpc) is 2.72. The van der Waals surface area contributed by atoms with Crippen LogP contribution in [-0.2, 0) is 11.2 Å². The van der Waals surface area contributed by atoms with Crippen LogP contribution in [0.15, 0.2) is 24.3 Å². The lowest BCUT2D eigenvalue weighted by Crippen LogP contribution is -2.35. The van der Waals surface area contributed by atoms with Crippen LogP contribution < -0.4 is 4.74 Å². The molecule has 20 heavy (non-hydrogen) atoms. The summed E-state index contributed by atoms with van der Waals surface area (Å²) >= 11 is 0. The van der Waals surface area contributed by atoms with Crippen molar-refractivity contribution in [2.45, 2.75) is 32.2 Å². The number of hydrogen-bond donors (Lipinski definition) is 1. The highest BCUT2D eigenvalue weighted by molar-refractivity contribution is 5.28. The van der Waals surface area contributed by atoms with Crippen LogP contribution in [0.1, 0.15) is 18.9 Å². The molecule has 2 atom stereocenters. The molecule has 1 aliphatic heterocycles. The molecule has 1 fully saturated rings. The lowest BCUT2D eigenvalue weighted by molar-refractivity contribution is -0.274. The second-order valence-corrected chi connectivity index (χ2v) is 5.15. The molecule has 1 N–H and O–H groups in total. The maximum absolute atomic E-state index is 12.1. The minimum atomic E-state index is -4.68. The zero-order valence-corrected chi connectivity index (χ0v) is 11.1. The Kier molecular flexibility index (Phi) is 4.25. The van der Waals surface area contributed by atoms with Crippen molar-refractivity contribution in [1.29, 1.82) is 0 Å². The van der Waals surface area contributed by atoms with E-state index in [1.54, 1.807) is 12.1 Å². The number of rotatable bonds is 4. The van der Waals surface area contributed by atoms with Gasteiger partial charge in [0.05, 0.1) is 12.7 Å². The zero-order valence-electron chi connectivity index (χ0n) is 11.1. The summed E-state index contributed by atoms with van der Waals surface area (Å²) in [7, 11) is 0. The Labute approximate surface area is 115 Å². The van der Waals surface area contributed by atoms with E-state index in [1.807, 2.05) is 6.92 Å². The summed E-state index contributed by atoms with van der Waals surface area (Å²) in [5.74, 6) is -0.241. The van der Waals surface area contributed by atoms with Gasteiger partial charge in [-0.25, -0.2) is 0 Å². The Bertz CT molecular complexity index is 444. The first-order valence-electron chi connectivity index (χ1n) is 6.42. The number of halogens is 3. The van der Waals surface area contributed by atoms with E-state index >= 15 is 0 Å². The first kappa shape index (κ1) is 15.1. The Morgan fingerprint density at radius 2 is 2.00 bits per heavy atom. The van der Waals surface area contributed by atoms with E-state index < -0.39 is 6.36 Å². The van der Waals surface area contributed by atoms with Crippen molar-refractivity contribution in [2.75, 3.05) is 13.2 Å². The van der Waals surface area contributed by atoms with Crippen LogP contribution in [0, 0.1) is 5.41 Å². The molecule has 112 valence electrons. The molecule has 0 aliphatic carbocycles. The van der Waals surface area contributed by atoms with Crippen LogP contribution in [0.5, 0.6) is 5.75 Å². The van der Waals surface area contributed by atoms with E-state index in [0.29, 0.717) is 13.0 Å². The number of ether oxygens (including phenoxy) is 2. The number of aliphatic hydroxyl groups is 1. The van der Waals surface area contributed by atoms with Crippen LogP contribution in [-0.4, -0.2) is 30.8 Å². The van der Waals surface area contributed by atoms with Crippen molar-refractivity contribution < 1.29 is 27.8 Å². The normalized spacial score (nSPS) is 26.8. The van der Waals surface area contributed by atoms with Gasteiger partial charge < -0.3 is 14.6 Å². The molecule has 1 aliphatic rings. The smallest absolute Gasteiger partial charge is 0.406 e. The van der Waals surface area contributed by atoms with E-state index in [-0.39, 0.29) is 23.9 Å². The van der Waals surface area contributed by atoms with Gasteiger partial charge in [0, 0.05) is 12.0 Å². The van der Waals surface area contributed by atoms with Crippen LogP contribution in [0.4, 0.5) is 13.2 Å². The van der Waals surface area contributed by atoms with Crippen molar-refractivity contribution >= 4 is 0 Å². The standard InChI is InChI=1S/C14H17F3O3/c1-10-13(9-18,6-7-19-10)8-11-2-4-12(5-3-11)20-14(15,16)17/h2-5,10,18H,6-9H2,1H3. The van der Waals surface area contributed by atoms with Gasteiger partial charge in [0.2, 0.25) is 0 Å². The second kappa shape index (κ2) is 5.61. The molecule has 3 nitrogen and oxygen atoms in total. The highest BCUT2D eigenvalue weighted by Crippen LogP contribution is 2.38. The van der Waals surface area contributed by atoms with Crippen molar-refractivity contribution in [2.24, 2.45) is 5.41 Å². The fourth-order valence-corrected chi connectivity index (χ4v) is 2.53. The average molecular weight is 290 g/mol. The minimum Gasteiger partial charge on any atom is -0.406 e. The van der Waals surface area contributed by atoms with Gasteiger partial charge in [-0.3, -0.25) is 0 Å². The van der Waals surface area contributed by atoms with Crippen molar-refractivity contribution in [3.05, 3.63) is 29.8 Å². The van der Waals surface area contributed by atoms with E-state index in [9.17, 15) is 18.3 Å². The molecule has 1 saturated heterocycles. The van der Waals surface area contributed by atoms with Crippen molar-refractivity contribution in [1.82, 2.24) is 0 Å². The summed E-state index contributed by atoms with van der Waals surface area (Å²) in [6.45, 7) is 2.50. The van der Waals surface area contributed by atoms with Crippen LogP contribution in [0.3, 0.4) is 0 Å². The van der Waals surface area contributed by atoms with Crippen molar-refractivity contribution in [3.8, 4) is 5.75 Å². The molecule has 1 aromatic carbocycles. The molecule has 0 saturated carbocycles. The zero-order chi connectivity index (χ0) is 14.8. The molecule has 1 aromatic rings. The highest BCUT2D eigenvalue weighted by Gasteiger charge is 2.41. The van der Waals surface area contributed by atoms with Crippen LogP contribution >= 0.6 is 0 Å². The fourth-order valence-electron chi connectivity index (χ4n) is 2.53. The van der Waals surface area contributed by atoms with Gasteiger partial charge in [-0.05, 0) is 37.5 Å². The lowest BCUT2D eigenvalue weighted by atomic mass is 9.77. The first-order chi connectivity index (χ1) is 9.35. The van der Waals surface area contributed by atoms with Gasteiger partial charge in [0.15, 0.2) is 0 Å². The molecule has 0 radical (unpaired) electrons. The molecule has 0 spiro atoms. The maximum atomic E-state index is 12.1. The Hall–Kier alpha value is -1.27. The minimum absolute atomic E-state index is 0.00499. The molecule has 1 heterocycles. The first-order valence-corrected chi connectivity index (χ1v) is 6.42. The van der Waals surface area contributed by atoms with Gasteiger partial charge >= 0.3 is 6.36 Å². The third-order valence-corrected chi connectivity index (χ3v) is 3.86. The summed E-state index contributed by atoms with van der Waals surface area (Å²) in [4.78, 5) is 0. The molecule has 0 bridgehead atoms. The molecule has 6 heteroatoms. The highest BCUT2D eigenvalue weighted by atomic mass is 19.4. The molecular formula is C14H17F3O3. The summed E-state index contributed by atoms with van der Waals surface area (Å²) in [5, 5.41) is 9.60. The predicted octanol–water partition coefficient (Wildman–Crippen LogP) is 2.92. The molecule has 0 amide bonds. The van der Waals surface area contributed by atoms with Gasteiger partial charge in [-0.2, -0.15) is 0 Å². The Balaban J connectivity index is 2.07. The third-order valence-electron chi connectivity index (χ3n) is 3.86. The van der Waals surface area contributed by atoms with E-state index in [4.69, 9.17) is 4.74 Å². The number of aliphatic hydroxyl groups excluding tert-OH is 1. The SMILES string of the molecule is CC1OCCC1(CO)Cc1ccc(OC(F)(F)F)cc1. The summed E-state index contributed by atoms with van der Waals surface area (Å²) in [6, 6.07) is 5.75. The Morgan fingerprint density at radius 3 is 2.45 bits per heavy atom. The van der Waals surface area contributed by atoms with Gasteiger partial charge in [-0.1, -0.05) is 12.1 Å². The molecular weight excluding hydrogens is 273 g/mol. The fraction of sp³-hybridized carbons (Fsp3) is 0.571. The Morgan fingerprint density at radius 1 is 1.35 bits per heavy atom. The summed E-state index contributed by atoms with van der Waals surface area (Å²) in [5.41, 5.74) is 0.498. The quantitative estimate of drug-likeness (QED) is 0.926. The van der Waals surface area contributed by atoms with E-state index in [2.05, 4.69) is 4.74 Å². The molecule has 0 aromatic heterocycles. The van der Waals surface area contributed by atoms with Crippen LogP contribution in [0.2, 0.25) is 0 Å². The molecule has 2 unspecified atom stereocenters. The monoisotopic (exact) mass is 290 g/mol. The maximum Gasteiger partial charge on any atom is 0.573 e. The number of hydrogen-bond acceptors (Lipinski definition) is 3. The van der Waals surface area contributed by atoms with Gasteiger partial charge in [0.25, 0.3) is 0 Å². The predicted molar refractivity (Wildman–Crippen MR) is 66.4 cm³/mol. The van der Waals surface area contributed by atoms with Crippen LogP contribution in [0.25, 0.3) is 0 Å². The largest absolute Gasteiger partial charge is 0.573 e. The van der Waals surface area contributed by atoms with E-state index in [1.165, 1.54) is 12.1 Å². The number of benzene rings is 1. The summed E-state index contributed by atoms with van der Waals surface area (Å²) < 4.78 is 45.5. The van der Waals surface area contributed by atoms with Gasteiger partial charge in [-0.15, -0.1) is 13.2 Å². The summed E-state index contributed by atoms with van der Waals surface area (Å²) in [6.07, 6.45) is -3.44. The van der Waals surface area contributed by atoms with Crippen molar-refractivity contribution in [3.63, 3.8) is 0 Å². The number of alkyl halides is 3. The van der Waals surface area contributed by atoms with Gasteiger partial charge in [0.1, 0.15) is 5.75 Å². The molecule has 2 rings (SSSR count).